The Labute approximate surface area is 158 Å². The monoisotopic (exact) mass is 366 g/mol. The first-order valence-electron chi connectivity index (χ1n) is 8.95. The lowest BCUT2D eigenvalue weighted by Crippen LogP contribution is -2.46. The van der Waals surface area contributed by atoms with Gasteiger partial charge in [0.1, 0.15) is 0 Å². The second-order valence-corrected chi connectivity index (χ2v) is 7.26. The third-order valence-electron chi connectivity index (χ3n) is 5.71. The molecule has 0 aliphatic heterocycles. The van der Waals surface area contributed by atoms with Gasteiger partial charge in [-0.15, -0.1) is 0 Å². The van der Waals surface area contributed by atoms with Crippen LogP contribution in [0.3, 0.4) is 0 Å². The molecule has 0 radical (unpaired) electrons. The number of rotatable bonds is 0. The highest BCUT2D eigenvalue weighted by molar-refractivity contribution is 6.12. The van der Waals surface area contributed by atoms with Crippen LogP contribution in [0.5, 0.6) is 0 Å². The summed E-state index contributed by atoms with van der Waals surface area (Å²) in [6, 6.07) is 15.8. The normalized spacial score (nSPS) is 11.8. The SMILES string of the molecule is Cc1c2cc3ccccc3cc2cc2cc3c(=O)c(=O)c(=O)c(=O)c3c(C)c12. The number of benzene rings is 5. The van der Waals surface area contributed by atoms with E-state index in [2.05, 4.69) is 12.1 Å². The van der Waals surface area contributed by atoms with Crippen molar-refractivity contribution in [3.63, 3.8) is 0 Å². The number of hydrogen-bond donors (Lipinski definition) is 0. The summed E-state index contributed by atoms with van der Waals surface area (Å²) in [6.45, 7) is 3.70. The molecule has 5 aromatic rings. The Morgan fingerprint density at radius 3 is 1.79 bits per heavy atom. The van der Waals surface area contributed by atoms with Crippen LogP contribution in [-0.4, -0.2) is 0 Å². The zero-order valence-corrected chi connectivity index (χ0v) is 15.3. The van der Waals surface area contributed by atoms with Crippen LogP contribution >= 0.6 is 0 Å². The molecule has 0 saturated carbocycles. The summed E-state index contributed by atoms with van der Waals surface area (Å²) in [6.07, 6.45) is 0. The lowest BCUT2D eigenvalue weighted by molar-refractivity contribution is 1.38. The highest BCUT2D eigenvalue weighted by atomic mass is 16.2. The van der Waals surface area contributed by atoms with E-state index in [0.717, 1.165) is 37.9 Å². The maximum absolute atomic E-state index is 12.5. The summed E-state index contributed by atoms with van der Waals surface area (Å²) < 4.78 is 0. The molecule has 4 heteroatoms. The Balaban J connectivity index is 2.10. The predicted molar refractivity (Wildman–Crippen MR) is 113 cm³/mol. The molecule has 0 spiro atoms. The van der Waals surface area contributed by atoms with Gasteiger partial charge in [-0.25, -0.2) is 0 Å². The molecule has 0 heterocycles. The van der Waals surface area contributed by atoms with Crippen molar-refractivity contribution in [2.24, 2.45) is 0 Å². The van der Waals surface area contributed by atoms with Crippen molar-refractivity contribution in [3.8, 4) is 0 Å². The lowest BCUT2D eigenvalue weighted by atomic mass is 9.90. The van der Waals surface area contributed by atoms with Crippen LogP contribution in [0.15, 0.2) is 67.7 Å². The molecule has 0 unspecified atom stereocenters. The molecule has 134 valence electrons. The van der Waals surface area contributed by atoms with Crippen molar-refractivity contribution in [2.75, 3.05) is 0 Å². The van der Waals surface area contributed by atoms with E-state index in [0.29, 0.717) is 5.56 Å². The molecule has 0 amide bonds. The second-order valence-electron chi connectivity index (χ2n) is 7.26. The maximum atomic E-state index is 12.5. The van der Waals surface area contributed by atoms with Gasteiger partial charge in [0.15, 0.2) is 0 Å². The Hall–Kier alpha value is -3.66. The fraction of sp³-hybridized carbons (Fsp3) is 0.0833. The Kier molecular flexibility index (Phi) is 3.20. The third kappa shape index (κ3) is 2.00. The van der Waals surface area contributed by atoms with Gasteiger partial charge in [-0.2, -0.15) is 0 Å². The van der Waals surface area contributed by atoms with Crippen LogP contribution in [0.1, 0.15) is 11.1 Å². The first-order chi connectivity index (χ1) is 13.4. The van der Waals surface area contributed by atoms with E-state index in [1.807, 2.05) is 37.3 Å². The summed E-state index contributed by atoms with van der Waals surface area (Å²) in [5.41, 5.74) is -2.75. The van der Waals surface area contributed by atoms with Gasteiger partial charge in [-0.05, 0) is 81.6 Å². The Bertz CT molecular complexity index is 1700. The van der Waals surface area contributed by atoms with E-state index >= 15 is 0 Å². The smallest absolute Gasteiger partial charge is 0.277 e. The van der Waals surface area contributed by atoms with Crippen molar-refractivity contribution in [1.29, 1.82) is 0 Å². The first kappa shape index (κ1) is 16.5. The molecule has 5 aromatic carbocycles. The van der Waals surface area contributed by atoms with Crippen molar-refractivity contribution in [1.82, 2.24) is 0 Å². The van der Waals surface area contributed by atoms with E-state index < -0.39 is 21.7 Å². The van der Waals surface area contributed by atoms with Crippen LogP contribution < -0.4 is 21.7 Å². The minimum atomic E-state index is -1.25. The van der Waals surface area contributed by atoms with E-state index in [1.54, 1.807) is 13.0 Å². The summed E-state index contributed by atoms with van der Waals surface area (Å²) in [4.78, 5) is 48.6. The molecule has 0 aliphatic carbocycles. The standard InChI is InChI=1S/C24H14O4/c1-11-17-9-14-6-4-3-5-13(14)7-15(17)8-16-10-18-20(12(2)19(11)16)22(26)24(28)23(27)21(18)25/h3-10H,1-2H3. The van der Waals surface area contributed by atoms with E-state index in [1.165, 1.54) is 0 Å². The van der Waals surface area contributed by atoms with Crippen molar-refractivity contribution in [2.45, 2.75) is 13.8 Å². The predicted octanol–water partition coefficient (Wildman–Crippen LogP) is 3.23. The molecule has 0 fully saturated rings. The number of fused-ring (bicyclic) bond motifs is 4. The molecule has 0 atom stereocenters. The Morgan fingerprint density at radius 1 is 0.500 bits per heavy atom. The first-order valence-corrected chi connectivity index (χ1v) is 8.95. The fourth-order valence-electron chi connectivity index (χ4n) is 4.37. The quantitative estimate of drug-likeness (QED) is 0.312. The average Bonchev–Trinajstić information content (AvgIpc) is 2.69. The van der Waals surface area contributed by atoms with Crippen molar-refractivity contribution in [3.05, 3.63) is 101 Å². The maximum Gasteiger partial charge on any atom is 0.277 e. The summed E-state index contributed by atoms with van der Waals surface area (Å²) in [5.74, 6) is 0. The average molecular weight is 366 g/mol. The number of aryl methyl sites for hydroxylation is 2. The van der Waals surface area contributed by atoms with Crippen LogP contribution in [0.25, 0.3) is 43.1 Å². The largest absolute Gasteiger partial charge is 0.285 e. The van der Waals surface area contributed by atoms with E-state index in [-0.39, 0.29) is 10.8 Å². The van der Waals surface area contributed by atoms with Gasteiger partial charge in [0.05, 0.1) is 0 Å². The van der Waals surface area contributed by atoms with Gasteiger partial charge in [0.25, 0.3) is 10.9 Å². The summed E-state index contributed by atoms with van der Waals surface area (Å²) in [7, 11) is 0. The molecule has 0 saturated heterocycles. The minimum Gasteiger partial charge on any atom is -0.285 e. The van der Waals surface area contributed by atoms with E-state index in [9.17, 15) is 19.2 Å². The number of hydrogen-bond acceptors (Lipinski definition) is 4. The van der Waals surface area contributed by atoms with Gasteiger partial charge in [0, 0.05) is 10.8 Å². The topological polar surface area (TPSA) is 68.3 Å². The van der Waals surface area contributed by atoms with Crippen LogP contribution in [0, 0.1) is 13.8 Å². The molecule has 28 heavy (non-hydrogen) atoms. The lowest BCUT2D eigenvalue weighted by Gasteiger charge is -2.13. The fourth-order valence-corrected chi connectivity index (χ4v) is 4.37. The molecule has 0 N–H and O–H groups in total. The van der Waals surface area contributed by atoms with Gasteiger partial charge < -0.3 is 0 Å². The molecular weight excluding hydrogens is 352 g/mol. The highest BCUT2D eigenvalue weighted by Gasteiger charge is 2.18. The van der Waals surface area contributed by atoms with Crippen molar-refractivity contribution >= 4 is 43.1 Å². The van der Waals surface area contributed by atoms with Gasteiger partial charge in [-0.1, -0.05) is 24.3 Å². The minimum absolute atomic E-state index is 0.0270. The van der Waals surface area contributed by atoms with Crippen LogP contribution in [0.4, 0.5) is 0 Å². The summed E-state index contributed by atoms with van der Waals surface area (Å²) in [5, 5.41) is 5.98. The molecule has 0 aliphatic rings. The zero-order valence-electron chi connectivity index (χ0n) is 15.3. The summed E-state index contributed by atoms with van der Waals surface area (Å²) >= 11 is 0. The molecule has 0 aromatic heterocycles. The zero-order chi connectivity index (χ0) is 19.7. The van der Waals surface area contributed by atoms with Gasteiger partial charge >= 0.3 is 0 Å². The molecule has 4 nitrogen and oxygen atoms in total. The Morgan fingerprint density at radius 2 is 1.07 bits per heavy atom. The van der Waals surface area contributed by atoms with Crippen LogP contribution in [0.2, 0.25) is 0 Å². The second kappa shape index (κ2) is 5.42. The van der Waals surface area contributed by atoms with Crippen LogP contribution in [-0.2, 0) is 0 Å². The van der Waals surface area contributed by atoms with Gasteiger partial charge in [0.2, 0.25) is 10.9 Å². The highest BCUT2D eigenvalue weighted by Crippen LogP contribution is 2.34. The third-order valence-corrected chi connectivity index (χ3v) is 5.71. The van der Waals surface area contributed by atoms with Gasteiger partial charge in [-0.3, -0.25) is 19.2 Å². The van der Waals surface area contributed by atoms with Crippen molar-refractivity contribution < 1.29 is 0 Å². The molecular formula is C24H14O4. The molecule has 0 bridgehead atoms. The molecule has 5 rings (SSSR count). The van der Waals surface area contributed by atoms with E-state index in [4.69, 9.17) is 0 Å².